The van der Waals surface area contributed by atoms with Crippen molar-refractivity contribution < 1.29 is 36.7 Å². The highest BCUT2D eigenvalue weighted by Crippen LogP contribution is 2.31. The zero-order valence-corrected chi connectivity index (χ0v) is 20.5. The molecule has 2 aromatic carbocycles. The number of piperazine rings is 1. The van der Waals surface area contributed by atoms with Crippen molar-refractivity contribution in [3.63, 3.8) is 0 Å². The van der Waals surface area contributed by atoms with Crippen molar-refractivity contribution in [3.8, 4) is 0 Å². The van der Waals surface area contributed by atoms with Gasteiger partial charge in [-0.25, -0.2) is 9.18 Å². The molecule has 2 aliphatic rings. The third-order valence-corrected chi connectivity index (χ3v) is 6.70. The first-order valence-corrected chi connectivity index (χ1v) is 12.2. The molecule has 8 nitrogen and oxygen atoms in total. The van der Waals surface area contributed by atoms with E-state index in [1.54, 1.807) is 12.1 Å². The van der Waals surface area contributed by atoms with Gasteiger partial charge in [-0.15, -0.1) is 0 Å². The summed E-state index contributed by atoms with van der Waals surface area (Å²) in [5, 5.41) is 0. The Labute approximate surface area is 216 Å². The number of carbonyl (C=O) groups is 3. The zero-order valence-electron chi connectivity index (χ0n) is 20.5. The molecule has 2 saturated heterocycles. The van der Waals surface area contributed by atoms with Gasteiger partial charge in [0.25, 0.3) is 0 Å². The van der Waals surface area contributed by atoms with Crippen molar-refractivity contribution in [3.05, 3.63) is 71.0 Å². The van der Waals surface area contributed by atoms with E-state index < -0.39 is 35.9 Å². The molecule has 0 aromatic heterocycles. The van der Waals surface area contributed by atoms with Crippen molar-refractivity contribution in [1.82, 2.24) is 14.7 Å². The highest BCUT2D eigenvalue weighted by molar-refractivity contribution is 5.90. The fourth-order valence-electron chi connectivity index (χ4n) is 4.75. The average molecular weight is 537 g/mol. The second-order valence-corrected chi connectivity index (χ2v) is 9.27. The molecule has 2 heterocycles. The molecular weight excluding hydrogens is 508 g/mol. The van der Waals surface area contributed by atoms with Crippen LogP contribution in [0, 0.1) is 5.82 Å². The minimum absolute atomic E-state index is 0.00372. The number of halogens is 4. The Morgan fingerprint density at radius 3 is 2.32 bits per heavy atom. The number of nitrogens with zero attached hydrogens (tertiary/aromatic N) is 3. The maximum absolute atomic E-state index is 13.4. The number of carbonyl (C=O) groups excluding carboxylic acids is 3. The Morgan fingerprint density at radius 2 is 1.68 bits per heavy atom. The van der Waals surface area contributed by atoms with Gasteiger partial charge in [-0.2, -0.15) is 13.2 Å². The molecule has 0 bridgehead atoms. The van der Waals surface area contributed by atoms with Crippen LogP contribution in [0.1, 0.15) is 36.0 Å². The SMILES string of the molecule is NCCC[C@H]1C(=O)N(Cc2ccc(F)cc2)C[C@@H]2N(C(=O)OCc3ccc(C(F)(F)F)cc3)CCC(=O)N21. The Hall–Kier alpha value is -3.67. The summed E-state index contributed by atoms with van der Waals surface area (Å²) < 4.78 is 57.2. The second kappa shape index (κ2) is 11.4. The van der Waals surface area contributed by atoms with Crippen molar-refractivity contribution in [1.29, 1.82) is 0 Å². The summed E-state index contributed by atoms with van der Waals surface area (Å²) in [5.74, 6) is -0.962. The van der Waals surface area contributed by atoms with E-state index in [4.69, 9.17) is 10.5 Å². The molecule has 38 heavy (non-hydrogen) atoms. The van der Waals surface area contributed by atoms with Crippen molar-refractivity contribution in [2.75, 3.05) is 19.6 Å². The van der Waals surface area contributed by atoms with Crippen molar-refractivity contribution in [2.45, 2.75) is 50.8 Å². The van der Waals surface area contributed by atoms with Crippen LogP contribution in [0.4, 0.5) is 22.4 Å². The smallest absolute Gasteiger partial charge is 0.416 e. The average Bonchev–Trinajstić information content (AvgIpc) is 2.88. The Balaban J connectivity index is 1.51. The van der Waals surface area contributed by atoms with Crippen LogP contribution in [0.2, 0.25) is 0 Å². The van der Waals surface area contributed by atoms with Crippen LogP contribution in [0.3, 0.4) is 0 Å². The highest BCUT2D eigenvalue weighted by atomic mass is 19.4. The molecule has 12 heteroatoms. The summed E-state index contributed by atoms with van der Waals surface area (Å²) in [6, 6.07) is 9.16. The fourth-order valence-corrected chi connectivity index (χ4v) is 4.75. The second-order valence-electron chi connectivity index (χ2n) is 9.27. The third kappa shape index (κ3) is 6.07. The monoisotopic (exact) mass is 536 g/mol. The van der Waals surface area contributed by atoms with Gasteiger partial charge in [0.05, 0.1) is 12.1 Å². The molecule has 2 fully saturated rings. The summed E-state index contributed by atoms with van der Waals surface area (Å²) in [6.07, 6.45) is -5.23. The number of fused-ring (bicyclic) bond motifs is 1. The molecule has 0 aliphatic carbocycles. The lowest BCUT2D eigenvalue weighted by Gasteiger charge is -2.51. The lowest BCUT2D eigenvalue weighted by Crippen LogP contribution is -2.71. The highest BCUT2D eigenvalue weighted by Gasteiger charge is 2.48. The molecule has 2 atom stereocenters. The van der Waals surface area contributed by atoms with Gasteiger partial charge in [0.15, 0.2) is 0 Å². The number of alkyl halides is 3. The summed E-state index contributed by atoms with van der Waals surface area (Å²) in [4.78, 5) is 43.7. The lowest BCUT2D eigenvalue weighted by atomic mass is 9.99. The molecule has 204 valence electrons. The van der Waals surface area contributed by atoms with Crippen LogP contribution in [0.5, 0.6) is 0 Å². The summed E-state index contributed by atoms with van der Waals surface area (Å²) >= 11 is 0. The zero-order chi connectivity index (χ0) is 27.4. The van der Waals surface area contributed by atoms with Crippen molar-refractivity contribution >= 4 is 17.9 Å². The predicted molar refractivity (Wildman–Crippen MR) is 127 cm³/mol. The Bertz CT molecular complexity index is 1160. The molecule has 2 aromatic rings. The molecular formula is C26H28F4N4O4. The summed E-state index contributed by atoms with van der Waals surface area (Å²) in [7, 11) is 0. The molecule has 0 radical (unpaired) electrons. The third-order valence-electron chi connectivity index (χ3n) is 6.70. The number of rotatable bonds is 7. The first-order chi connectivity index (χ1) is 18.1. The van der Waals surface area contributed by atoms with Crippen LogP contribution in [0.15, 0.2) is 48.5 Å². The fraction of sp³-hybridized carbons (Fsp3) is 0.423. The normalized spacial score (nSPS) is 20.0. The van der Waals surface area contributed by atoms with Crippen LogP contribution in [-0.4, -0.2) is 64.4 Å². The van der Waals surface area contributed by atoms with Gasteiger partial charge in [-0.3, -0.25) is 14.5 Å². The number of hydrogen-bond donors (Lipinski definition) is 1. The topological polar surface area (TPSA) is 96.2 Å². The maximum Gasteiger partial charge on any atom is 0.416 e. The van der Waals surface area contributed by atoms with E-state index in [-0.39, 0.29) is 44.5 Å². The molecule has 2 N–H and O–H groups in total. The summed E-state index contributed by atoms with van der Waals surface area (Å²) in [6.45, 7) is 0.298. The number of benzene rings is 2. The van der Waals surface area contributed by atoms with E-state index in [9.17, 15) is 31.9 Å². The van der Waals surface area contributed by atoms with Gasteiger partial charge >= 0.3 is 12.3 Å². The van der Waals surface area contributed by atoms with Gasteiger partial charge in [0.1, 0.15) is 24.6 Å². The number of ether oxygens (including phenoxy) is 1. The standard InChI is InChI=1S/C26H28F4N4O4/c27-20-9-5-17(6-10-20)14-32-15-22-33(13-11-23(35)34(22)21(24(32)36)2-1-12-31)25(37)38-16-18-3-7-19(8-4-18)26(28,29)30/h3-10,21-22H,1-2,11-16,31H2/t21-,22+/m0/s1. The molecule has 0 spiro atoms. The van der Waals surface area contributed by atoms with Gasteiger partial charge in [0, 0.05) is 19.5 Å². The van der Waals surface area contributed by atoms with Gasteiger partial charge in [-0.1, -0.05) is 24.3 Å². The van der Waals surface area contributed by atoms with E-state index in [1.807, 2.05) is 0 Å². The van der Waals surface area contributed by atoms with Crippen LogP contribution >= 0.6 is 0 Å². The number of nitrogens with two attached hydrogens (primary N) is 1. The van der Waals surface area contributed by atoms with Gasteiger partial charge in [-0.05, 0) is 54.8 Å². The minimum Gasteiger partial charge on any atom is -0.444 e. The van der Waals surface area contributed by atoms with Crippen LogP contribution in [-0.2, 0) is 33.7 Å². The predicted octanol–water partition coefficient (Wildman–Crippen LogP) is 3.49. The first kappa shape index (κ1) is 27.4. The molecule has 2 aliphatic heterocycles. The number of amides is 3. The minimum atomic E-state index is -4.47. The van der Waals surface area contributed by atoms with Crippen molar-refractivity contribution in [2.24, 2.45) is 5.73 Å². The molecule has 3 amide bonds. The maximum atomic E-state index is 13.4. The van der Waals surface area contributed by atoms with E-state index in [2.05, 4.69) is 0 Å². The number of hydrogen-bond acceptors (Lipinski definition) is 5. The quantitative estimate of drug-likeness (QED) is 0.547. The molecule has 0 unspecified atom stereocenters. The van der Waals surface area contributed by atoms with Gasteiger partial charge in [0.2, 0.25) is 11.8 Å². The largest absolute Gasteiger partial charge is 0.444 e. The van der Waals surface area contributed by atoms with E-state index in [0.717, 1.165) is 12.1 Å². The van der Waals surface area contributed by atoms with Crippen LogP contribution < -0.4 is 5.73 Å². The van der Waals surface area contributed by atoms with Gasteiger partial charge < -0.3 is 20.3 Å². The molecule has 0 saturated carbocycles. The Kier molecular flexibility index (Phi) is 8.20. The lowest BCUT2D eigenvalue weighted by molar-refractivity contribution is -0.169. The van der Waals surface area contributed by atoms with E-state index >= 15 is 0 Å². The first-order valence-electron chi connectivity index (χ1n) is 12.2. The molecule has 4 rings (SSSR count). The summed E-state index contributed by atoms with van der Waals surface area (Å²) in [5.41, 5.74) is 5.90. The van der Waals surface area contributed by atoms with E-state index in [1.165, 1.54) is 39.0 Å². The Morgan fingerprint density at radius 1 is 1.03 bits per heavy atom. The van der Waals surface area contributed by atoms with Crippen LogP contribution in [0.25, 0.3) is 0 Å². The van der Waals surface area contributed by atoms with E-state index in [0.29, 0.717) is 30.5 Å².